The molecule has 0 radical (unpaired) electrons. The van der Waals surface area contributed by atoms with Crippen LogP contribution in [0.15, 0.2) is 30.3 Å². The van der Waals surface area contributed by atoms with Crippen LogP contribution in [0, 0.1) is 0 Å². The lowest BCUT2D eigenvalue weighted by Crippen LogP contribution is -2.16. The Morgan fingerprint density at radius 1 is 1.37 bits per heavy atom. The van der Waals surface area contributed by atoms with E-state index in [4.69, 9.17) is 4.74 Å². The standard InChI is InChI=1S/C15H19NO3/c1-2-3-9-13-14(10-17)16(13)15(18)19-11-12-7-5-4-6-8-12/h4-8,10,13-14H,2-3,9,11H2,1H3/t13-,14-,16?/m1/s1. The second-order valence-electron chi connectivity index (χ2n) is 4.78. The molecule has 0 unspecified atom stereocenters. The molecule has 0 N–H and O–H groups in total. The summed E-state index contributed by atoms with van der Waals surface area (Å²) in [6.07, 6.45) is 3.42. The van der Waals surface area contributed by atoms with Crippen LogP contribution in [0.3, 0.4) is 0 Å². The Bertz CT molecular complexity index is 432. The molecule has 102 valence electrons. The number of carbonyl (C=O) groups is 2. The number of amides is 1. The van der Waals surface area contributed by atoms with E-state index in [-0.39, 0.29) is 24.8 Å². The Kier molecular flexibility index (Phi) is 4.55. The minimum absolute atomic E-state index is 0.0423. The van der Waals surface area contributed by atoms with Gasteiger partial charge in [0.2, 0.25) is 0 Å². The Hall–Kier alpha value is -1.84. The van der Waals surface area contributed by atoms with Crippen molar-refractivity contribution in [3.05, 3.63) is 35.9 Å². The second kappa shape index (κ2) is 6.36. The largest absolute Gasteiger partial charge is 0.445 e. The van der Waals surface area contributed by atoms with E-state index < -0.39 is 0 Å². The molecule has 4 heteroatoms. The maximum Gasteiger partial charge on any atom is 0.411 e. The van der Waals surface area contributed by atoms with Crippen molar-refractivity contribution in [2.75, 3.05) is 0 Å². The quantitative estimate of drug-likeness (QED) is 0.584. The molecule has 1 aliphatic rings. The van der Waals surface area contributed by atoms with Gasteiger partial charge in [0, 0.05) is 0 Å². The lowest BCUT2D eigenvalue weighted by molar-refractivity contribution is -0.108. The summed E-state index contributed by atoms with van der Waals surface area (Å²) >= 11 is 0. The molecule has 2 atom stereocenters. The van der Waals surface area contributed by atoms with Crippen molar-refractivity contribution in [2.45, 2.75) is 44.9 Å². The predicted octanol–water partition coefficient (Wildman–Crippen LogP) is 2.77. The van der Waals surface area contributed by atoms with Gasteiger partial charge in [-0.2, -0.15) is 0 Å². The monoisotopic (exact) mass is 261 g/mol. The van der Waals surface area contributed by atoms with Crippen LogP contribution < -0.4 is 0 Å². The zero-order valence-electron chi connectivity index (χ0n) is 11.1. The molecule has 0 bridgehead atoms. The predicted molar refractivity (Wildman–Crippen MR) is 71.6 cm³/mol. The van der Waals surface area contributed by atoms with Crippen LogP contribution >= 0.6 is 0 Å². The van der Waals surface area contributed by atoms with Crippen molar-refractivity contribution in [3.63, 3.8) is 0 Å². The Morgan fingerprint density at radius 2 is 2.11 bits per heavy atom. The van der Waals surface area contributed by atoms with Crippen LogP contribution in [0.1, 0.15) is 31.7 Å². The van der Waals surface area contributed by atoms with Gasteiger partial charge in [0.1, 0.15) is 18.9 Å². The summed E-state index contributed by atoms with van der Waals surface area (Å²) in [5.41, 5.74) is 0.950. The Balaban J connectivity index is 1.82. The molecule has 19 heavy (non-hydrogen) atoms. The van der Waals surface area contributed by atoms with Crippen LogP contribution in [0.2, 0.25) is 0 Å². The molecule has 0 saturated carbocycles. The van der Waals surface area contributed by atoms with Gasteiger partial charge in [-0.1, -0.05) is 50.1 Å². The molecule has 0 aliphatic carbocycles. The number of carbonyl (C=O) groups excluding carboxylic acids is 2. The van der Waals surface area contributed by atoms with Crippen molar-refractivity contribution in [1.29, 1.82) is 0 Å². The van der Waals surface area contributed by atoms with Gasteiger partial charge in [0.05, 0.1) is 6.04 Å². The number of rotatable bonds is 6. The smallest absolute Gasteiger partial charge is 0.411 e. The van der Waals surface area contributed by atoms with Crippen molar-refractivity contribution < 1.29 is 14.3 Å². The van der Waals surface area contributed by atoms with Gasteiger partial charge in [0.25, 0.3) is 0 Å². The fourth-order valence-corrected chi connectivity index (χ4v) is 2.23. The van der Waals surface area contributed by atoms with Gasteiger partial charge in [-0.15, -0.1) is 0 Å². The average Bonchev–Trinajstić information content (AvgIpc) is 3.17. The van der Waals surface area contributed by atoms with E-state index >= 15 is 0 Å². The first kappa shape index (κ1) is 13.6. The molecule has 2 rings (SSSR count). The molecule has 1 amide bonds. The molecule has 1 aromatic carbocycles. The average molecular weight is 261 g/mol. The lowest BCUT2D eigenvalue weighted by atomic mass is 10.2. The zero-order chi connectivity index (χ0) is 13.7. The third kappa shape index (κ3) is 3.34. The van der Waals surface area contributed by atoms with E-state index in [0.717, 1.165) is 31.1 Å². The van der Waals surface area contributed by atoms with Crippen LogP contribution in [0.4, 0.5) is 4.79 Å². The summed E-state index contributed by atoms with van der Waals surface area (Å²) < 4.78 is 5.22. The third-order valence-corrected chi connectivity index (χ3v) is 3.39. The lowest BCUT2D eigenvalue weighted by Gasteiger charge is -2.06. The molecule has 1 aromatic rings. The highest BCUT2D eigenvalue weighted by Crippen LogP contribution is 2.32. The van der Waals surface area contributed by atoms with E-state index in [1.54, 1.807) is 0 Å². The summed E-state index contributed by atoms with van der Waals surface area (Å²) in [6, 6.07) is 9.29. The second-order valence-corrected chi connectivity index (χ2v) is 4.78. The summed E-state index contributed by atoms with van der Waals surface area (Å²) in [6.45, 7) is 2.35. The van der Waals surface area contributed by atoms with Gasteiger partial charge in [-0.05, 0) is 12.0 Å². The van der Waals surface area contributed by atoms with Crippen molar-refractivity contribution >= 4 is 12.4 Å². The highest BCUT2D eigenvalue weighted by Gasteiger charge is 2.51. The van der Waals surface area contributed by atoms with Gasteiger partial charge in [-0.3, -0.25) is 4.90 Å². The van der Waals surface area contributed by atoms with E-state index in [1.165, 1.54) is 4.90 Å². The van der Waals surface area contributed by atoms with E-state index in [9.17, 15) is 9.59 Å². The van der Waals surface area contributed by atoms with Crippen molar-refractivity contribution in [3.8, 4) is 0 Å². The van der Waals surface area contributed by atoms with E-state index in [2.05, 4.69) is 6.92 Å². The molecule has 0 aromatic heterocycles. The van der Waals surface area contributed by atoms with Crippen LogP contribution in [0.5, 0.6) is 0 Å². The van der Waals surface area contributed by atoms with Gasteiger partial charge in [-0.25, -0.2) is 4.79 Å². The number of aldehydes is 1. The Labute approximate surface area is 113 Å². The molecular formula is C15H19NO3. The number of nitrogens with zero attached hydrogens (tertiary/aromatic N) is 1. The van der Waals surface area contributed by atoms with E-state index in [1.807, 2.05) is 30.3 Å². The zero-order valence-corrected chi connectivity index (χ0v) is 11.1. The Morgan fingerprint density at radius 3 is 2.74 bits per heavy atom. The highest BCUT2D eigenvalue weighted by molar-refractivity contribution is 5.80. The number of ether oxygens (including phenoxy) is 1. The first-order chi connectivity index (χ1) is 9.27. The minimum atomic E-state index is -0.387. The molecule has 1 aliphatic heterocycles. The summed E-state index contributed by atoms with van der Waals surface area (Å²) in [4.78, 5) is 24.3. The molecule has 1 saturated heterocycles. The number of unbranched alkanes of at least 4 members (excludes halogenated alkanes) is 1. The molecule has 1 heterocycles. The normalized spacial score (nSPS) is 21.0. The molecule has 0 spiro atoms. The van der Waals surface area contributed by atoms with E-state index in [0.29, 0.717) is 0 Å². The molecular weight excluding hydrogens is 242 g/mol. The highest BCUT2D eigenvalue weighted by atomic mass is 16.6. The first-order valence-corrected chi connectivity index (χ1v) is 6.72. The number of hydrogen-bond acceptors (Lipinski definition) is 3. The maximum atomic E-state index is 11.9. The molecule has 1 fully saturated rings. The third-order valence-electron chi connectivity index (χ3n) is 3.39. The van der Waals surface area contributed by atoms with Crippen LogP contribution in [0.25, 0.3) is 0 Å². The van der Waals surface area contributed by atoms with Gasteiger partial charge >= 0.3 is 6.09 Å². The number of benzene rings is 1. The molecule has 4 nitrogen and oxygen atoms in total. The van der Waals surface area contributed by atoms with Crippen LogP contribution in [-0.2, 0) is 16.1 Å². The minimum Gasteiger partial charge on any atom is -0.445 e. The summed E-state index contributed by atoms with van der Waals surface area (Å²) in [5.74, 6) is 0. The first-order valence-electron chi connectivity index (χ1n) is 6.72. The van der Waals surface area contributed by atoms with Crippen molar-refractivity contribution in [2.24, 2.45) is 0 Å². The van der Waals surface area contributed by atoms with Crippen molar-refractivity contribution in [1.82, 2.24) is 4.90 Å². The van der Waals surface area contributed by atoms with Gasteiger partial charge < -0.3 is 9.53 Å². The number of hydrogen-bond donors (Lipinski definition) is 0. The maximum absolute atomic E-state index is 11.9. The van der Waals surface area contributed by atoms with Gasteiger partial charge in [0.15, 0.2) is 0 Å². The fraction of sp³-hybridized carbons (Fsp3) is 0.467. The van der Waals surface area contributed by atoms with Crippen LogP contribution in [-0.4, -0.2) is 29.4 Å². The topological polar surface area (TPSA) is 46.4 Å². The summed E-state index contributed by atoms with van der Waals surface area (Å²) in [7, 11) is 0. The fourth-order valence-electron chi connectivity index (χ4n) is 2.23. The summed E-state index contributed by atoms with van der Waals surface area (Å²) in [5, 5.41) is 0. The SMILES string of the molecule is CCCC[C@@H]1[C@@H](C=O)N1C(=O)OCc1ccccc1.